The highest BCUT2D eigenvalue weighted by Gasteiger charge is 2.08. The molecule has 1 rings (SSSR count). The monoisotopic (exact) mass is 157 g/mol. The normalized spacial score (nSPS) is 13.4. The summed E-state index contributed by atoms with van der Waals surface area (Å²) in [6, 6.07) is 0. The summed E-state index contributed by atoms with van der Waals surface area (Å²) in [6.07, 6.45) is -0.257. The third-order valence-electron chi connectivity index (χ3n) is 1.25. The Morgan fingerprint density at radius 1 is 1.73 bits per heavy atom. The summed E-state index contributed by atoms with van der Waals surface area (Å²) >= 11 is 0. The molecule has 62 valence electrons. The van der Waals surface area contributed by atoms with E-state index in [2.05, 4.69) is 10.1 Å². The van der Waals surface area contributed by atoms with Crippen LogP contribution in [-0.4, -0.2) is 27.9 Å². The van der Waals surface area contributed by atoms with Crippen LogP contribution in [0.25, 0.3) is 0 Å². The Hall–Kier alpha value is -0.940. The molecule has 0 saturated carbocycles. The molecule has 0 spiro atoms. The van der Waals surface area contributed by atoms with Crippen molar-refractivity contribution in [3.63, 3.8) is 0 Å². The van der Waals surface area contributed by atoms with Gasteiger partial charge in [-0.15, -0.1) is 0 Å². The van der Waals surface area contributed by atoms with Gasteiger partial charge in [0.2, 0.25) is 5.89 Å². The lowest BCUT2D eigenvalue weighted by Gasteiger charge is -2.01. The number of aliphatic hydroxyl groups excluding tert-OH is 1. The SMILES string of the molecule is Cc1noc(CC(O)CN)n1. The van der Waals surface area contributed by atoms with Crippen LogP contribution in [0, 0.1) is 6.92 Å². The van der Waals surface area contributed by atoms with Crippen molar-refractivity contribution >= 4 is 0 Å². The molecule has 0 aromatic carbocycles. The average Bonchev–Trinajstić information content (AvgIpc) is 2.35. The summed E-state index contributed by atoms with van der Waals surface area (Å²) < 4.78 is 4.76. The number of aryl methyl sites for hydroxylation is 1. The van der Waals surface area contributed by atoms with Gasteiger partial charge in [0, 0.05) is 6.54 Å². The molecular weight excluding hydrogens is 146 g/mol. The predicted octanol–water partition coefficient (Wildman–Crippen LogP) is -0.760. The first-order valence-electron chi connectivity index (χ1n) is 3.39. The minimum atomic E-state index is -0.588. The molecule has 1 heterocycles. The van der Waals surface area contributed by atoms with Crippen LogP contribution in [0.3, 0.4) is 0 Å². The van der Waals surface area contributed by atoms with E-state index in [9.17, 15) is 0 Å². The van der Waals surface area contributed by atoms with Crippen LogP contribution in [0.2, 0.25) is 0 Å². The van der Waals surface area contributed by atoms with Crippen LogP contribution in [-0.2, 0) is 6.42 Å². The molecule has 0 fully saturated rings. The molecule has 0 aliphatic carbocycles. The second kappa shape index (κ2) is 3.45. The van der Waals surface area contributed by atoms with Crippen molar-refractivity contribution in [2.75, 3.05) is 6.54 Å². The Bertz CT molecular complexity index is 223. The molecule has 0 radical (unpaired) electrons. The van der Waals surface area contributed by atoms with Crippen molar-refractivity contribution in [1.82, 2.24) is 10.1 Å². The van der Waals surface area contributed by atoms with Crippen LogP contribution >= 0.6 is 0 Å². The summed E-state index contributed by atoms with van der Waals surface area (Å²) in [4.78, 5) is 3.91. The van der Waals surface area contributed by atoms with Gasteiger partial charge in [-0.25, -0.2) is 0 Å². The van der Waals surface area contributed by atoms with Gasteiger partial charge in [0.15, 0.2) is 5.82 Å². The maximum Gasteiger partial charge on any atom is 0.229 e. The Morgan fingerprint density at radius 3 is 2.91 bits per heavy atom. The lowest BCUT2D eigenvalue weighted by molar-refractivity contribution is 0.170. The molecule has 0 saturated heterocycles. The highest BCUT2D eigenvalue weighted by Crippen LogP contribution is 1.99. The Balaban J connectivity index is 2.50. The summed E-state index contributed by atoms with van der Waals surface area (Å²) in [5, 5.41) is 12.6. The van der Waals surface area contributed by atoms with Gasteiger partial charge in [-0.3, -0.25) is 0 Å². The van der Waals surface area contributed by atoms with E-state index in [1.807, 2.05) is 0 Å². The van der Waals surface area contributed by atoms with Crippen LogP contribution in [0.4, 0.5) is 0 Å². The predicted molar refractivity (Wildman–Crippen MR) is 37.8 cm³/mol. The van der Waals surface area contributed by atoms with E-state index < -0.39 is 6.10 Å². The molecule has 0 amide bonds. The summed E-state index contributed by atoms with van der Waals surface area (Å²) in [7, 11) is 0. The van der Waals surface area contributed by atoms with Crippen molar-refractivity contribution in [3.05, 3.63) is 11.7 Å². The number of aromatic nitrogens is 2. The van der Waals surface area contributed by atoms with Crippen LogP contribution in [0.15, 0.2) is 4.52 Å². The number of hydrogen-bond acceptors (Lipinski definition) is 5. The average molecular weight is 157 g/mol. The van der Waals surface area contributed by atoms with E-state index in [0.717, 1.165) is 0 Å². The van der Waals surface area contributed by atoms with Gasteiger partial charge >= 0.3 is 0 Å². The molecule has 1 aromatic rings. The van der Waals surface area contributed by atoms with Crippen molar-refractivity contribution < 1.29 is 9.63 Å². The molecule has 11 heavy (non-hydrogen) atoms. The largest absolute Gasteiger partial charge is 0.391 e. The molecule has 0 aliphatic rings. The first kappa shape index (κ1) is 8.16. The summed E-state index contributed by atoms with van der Waals surface area (Å²) in [5.74, 6) is 1.00. The highest BCUT2D eigenvalue weighted by molar-refractivity contribution is 4.85. The van der Waals surface area contributed by atoms with Gasteiger partial charge in [-0.2, -0.15) is 4.98 Å². The van der Waals surface area contributed by atoms with E-state index in [4.69, 9.17) is 15.4 Å². The number of hydrogen-bond donors (Lipinski definition) is 2. The fraction of sp³-hybridized carbons (Fsp3) is 0.667. The number of nitrogens with two attached hydrogens (primary N) is 1. The van der Waals surface area contributed by atoms with Crippen LogP contribution in [0.1, 0.15) is 11.7 Å². The highest BCUT2D eigenvalue weighted by atomic mass is 16.5. The fourth-order valence-electron chi connectivity index (χ4n) is 0.708. The Kier molecular flexibility index (Phi) is 2.56. The fourth-order valence-corrected chi connectivity index (χ4v) is 0.708. The zero-order valence-corrected chi connectivity index (χ0v) is 6.32. The third kappa shape index (κ3) is 2.28. The second-order valence-electron chi connectivity index (χ2n) is 2.33. The van der Waals surface area contributed by atoms with Crippen molar-refractivity contribution in [3.8, 4) is 0 Å². The van der Waals surface area contributed by atoms with E-state index in [1.165, 1.54) is 0 Å². The first-order chi connectivity index (χ1) is 5.22. The maximum absolute atomic E-state index is 9.07. The van der Waals surface area contributed by atoms with E-state index in [-0.39, 0.29) is 6.54 Å². The number of aliphatic hydroxyl groups is 1. The van der Waals surface area contributed by atoms with E-state index in [0.29, 0.717) is 18.1 Å². The minimum Gasteiger partial charge on any atom is -0.391 e. The molecule has 5 heteroatoms. The first-order valence-corrected chi connectivity index (χ1v) is 3.39. The molecule has 3 N–H and O–H groups in total. The van der Waals surface area contributed by atoms with Crippen molar-refractivity contribution in [2.24, 2.45) is 5.73 Å². The van der Waals surface area contributed by atoms with Gasteiger partial charge in [0.05, 0.1) is 12.5 Å². The summed E-state index contributed by atoms with van der Waals surface area (Å²) in [5.41, 5.74) is 5.19. The molecule has 0 bridgehead atoms. The molecule has 5 nitrogen and oxygen atoms in total. The van der Waals surface area contributed by atoms with Crippen LogP contribution in [0.5, 0.6) is 0 Å². The van der Waals surface area contributed by atoms with Crippen LogP contribution < -0.4 is 5.73 Å². The Morgan fingerprint density at radius 2 is 2.45 bits per heavy atom. The molecule has 1 aromatic heterocycles. The standard InChI is InChI=1S/C6H11N3O2/c1-4-8-6(11-9-4)2-5(10)3-7/h5,10H,2-3,7H2,1H3. The molecule has 0 aliphatic heterocycles. The Labute approximate surface area is 64.2 Å². The zero-order chi connectivity index (χ0) is 8.27. The van der Waals surface area contributed by atoms with Gasteiger partial charge in [-0.05, 0) is 6.92 Å². The lowest BCUT2D eigenvalue weighted by Crippen LogP contribution is -2.22. The van der Waals surface area contributed by atoms with Gasteiger partial charge < -0.3 is 15.4 Å². The molecular formula is C6H11N3O2. The van der Waals surface area contributed by atoms with Gasteiger partial charge in [0.1, 0.15) is 0 Å². The molecule has 1 unspecified atom stereocenters. The second-order valence-corrected chi connectivity index (χ2v) is 2.33. The molecule has 1 atom stereocenters. The van der Waals surface area contributed by atoms with Gasteiger partial charge in [0.25, 0.3) is 0 Å². The van der Waals surface area contributed by atoms with Crippen molar-refractivity contribution in [2.45, 2.75) is 19.4 Å². The number of rotatable bonds is 3. The quantitative estimate of drug-likeness (QED) is 0.602. The topological polar surface area (TPSA) is 85.2 Å². The number of nitrogens with zero attached hydrogens (tertiary/aromatic N) is 2. The lowest BCUT2D eigenvalue weighted by atomic mass is 10.2. The maximum atomic E-state index is 9.07. The third-order valence-corrected chi connectivity index (χ3v) is 1.25. The van der Waals surface area contributed by atoms with Crippen molar-refractivity contribution in [1.29, 1.82) is 0 Å². The van der Waals surface area contributed by atoms with E-state index >= 15 is 0 Å². The minimum absolute atomic E-state index is 0.210. The smallest absolute Gasteiger partial charge is 0.229 e. The summed E-state index contributed by atoms with van der Waals surface area (Å²) in [6.45, 7) is 1.93. The van der Waals surface area contributed by atoms with E-state index in [1.54, 1.807) is 6.92 Å². The van der Waals surface area contributed by atoms with Gasteiger partial charge in [-0.1, -0.05) is 5.16 Å². The zero-order valence-electron chi connectivity index (χ0n) is 6.32.